The number of carbonyl (C=O) groups excluding carboxylic acids is 1. The van der Waals surface area contributed by atoms with Crippen LogP contribution < -0.4 is 10.6 Å². The van der Waals surface area contributed by atoms with E-state index >= 15 is 0 Å². The van der Waals surface area contributed by atoms with Gasteiger partial charge in [0.25, 0.3) is 0 Å². The molecule has 0 radical (unpaired) electrons. The van der Waals surface area contributed by atoms with Gasteiger partial charge in [-0.05, 0) is 0 Å². The molecular weight excluding hydrogens is 268 g/mol. The zero-order chi connectivity index (χ0) is 14.4. The lowest BCUT2D eigenvalue weighted by molar-refractivity contribution is -0.139. The summed E-state index contributed by atoms with van der Waals surface area (Å²) < 4.78 is 4.50. The van der Waals surface area contributed by atoms with Crippen molar-refractivity contribution in [3.63, 3.8) is 0 Å². The van der Waals surface area contributed by atoms with Gasteiger partial charge in [0, 0.05) is 18.3 Å². The average molecular weight is 280 g/mol. The molecule has 2 aromatic heterocycles. The van der Waals surface area contributed by atoms with E-state index in [9.17, 15) is 9.59 Å². The van der Waals surface area contributed by atoms with Crippen LogP contribution in [0, 0.1) is 0 Å². The van der Waals surface area contributed by atoms with Gasteiger partial charge < -0.3 is 25.2 Å². The van der Waals surface area contributed by atoms with Crippen LogP contribution in [-0.4, -0.2) is 43.3 Å². The number of imidazole rings is 1. The molecule has 4 N–H and O–H groups in total. The molecule has 10 heteroatoms. The number of aromatic amines is 1. The lowest BCUT2D eigenvalue weighted by Crippen LogP contribution is -2.47. The van der Waals surface area contributed by atoms with E-state index in [1.165, 1.54) is 12.5 Å². The number of nitrogens with one attached hydrogen (secondary N) is 3. The van der Waals surface area contributed by atoms with Gasteiger partial charge in [-0.25, -0.2) is 14.6 Å². The molecule has 1 unspecified atom stereocenters. The van der Waals surface area contributed by atoms with E-state index in [1.807, 2.05) is 0 Å². The van der Waals surface area contributed by atoms with Crippen molar-refractivity contribution < 1.29 is 19.2 Å². The number of hydrogen-bond acceptors (Lipinski definition) is 6. The minimum atomic E-state index is -1.14. The summed E-state index contributed by atoms with van der Waals surface area (Å²) in [5, 5.41) is 17.3. The second kappa shape index (κ2) is 6.31. The summed E-state index contributed by atoms with van der Waals surface area (Å²) in [6, 6.07) is -1.71. The van der Waals surface area contributed by atoms with Gasteiger partial charge in [-0.3, -0.25) is 0 Å². The van der Waals surface area contributed by atoms with Crippen LogP contribution in [0.15, 0.2) is 23.4 Å². The fourth-order valence-electron chi connectivity index (χ4n) is 1.46. The Hall–Kier alpha value is -2.91. The summed E-state index contributed by atoms with van der Waals surface area (Å²) in [7, 11) is 0. The van der Waals surface area contributed by atoms with Crippen molar-refractivity contribution in [1.82, 2.24) is 30.7 Å². The van der Waals surface area contributed by atoms with Crippen LogP contribution in [0.3, 0.4) is 0 Å². The summed E-state index contributed by atoms with van der Waals surface area (Å²) in [6.45, 7) is 0.0404. The summed E-state index contributed by atoms with van der Waals surface area (Å²) in [5.41, 5.74) is 0.607. The number of H-pyrrole nitrogens is 1. The van der Waals surface area contributed by atoms with Gasteiger partial charge in [0.2, 0.25) is 6.39 Å². The predicted octanol–water partition coefficient (Wildman–Crippen LogP) is -0.712. The number of carbonyl (C=O) groups is 2. The molecule has 0 bridgehead atoms. The number of urea groups is 1. The van der Waals surface area contributed by atoms with Crippen molar-refractivity contribution >= 4 is 12.0 Å². The molecule has 0 saturated heterocycles. The molecule has 1 atom stereocenters. The summed E-state index contributed by atoms with van der Waals surface area (Å²) >= 11 is 0. The van der Waals surface area contributed by atoms with E-state index < -0.39 is 18.0 Å². The van der Waals surface area contributed by atoms with Gasteiger partial charge in [0.15, 0.2) is 5.82 Å². The molecule has 2 rings (SSSR count). The summed E-state index contributed by atoms with van der Waals surface area (Å²) in [6.07, 6.45) is 4.16. The highest BCUT2D eigenvalue weighted by atomic mass is 16.5. The Balaban J connectivity index is 1.84. The topological polar surface area (TPSA) is 146 Å². The first kappa shape index (κ1) is 13.5. The Labute approximate surface area is 112 Å². The maximum absolute atomic E-state index is 11.6. The highest BCUT2D eigenvalue weighted by Gasteiger charge is 2.21. The minimum Gasteiger partial charge on any atom is -0.480 e. The second-order valence-electron chi connectivity index (χ2n) is 3.85. The molecular formula is C10H12N6O4. The van der Waals surface area contributed by atoms with E-state index in [0.717, 1.165) is 6.39 Å². The Morgan fingerprint density at radius 2 is 2.35 bits per heavy atom. The van der Waals surface area contributed by atoms with Gasteiger partial charge in [0.1, 0.15) is 6.04 Å². The van der Waals surface area contributed by atoms with E-state index in [2.05, 4.69) is 35.3 Å². The third-order valence-corrected chi connectivity index (χ3v) is 2.40. The summed E-state index contributed by atoms with van der Waals surface area (Å²) in [5.74, 6) is -0.852. The van der Waals surface area contributed by atoms with Crippen LogP contribution in [-0.2, 0) is 17.8 Å². The minimum absolute atomic E-state index is 0.0404. The van der Waals surface area contributed by atoms with Crippen molar-refractivity contribution in [3.8, 4) is 0 Å². The first-order valence-corrected chi connectivity index (χ1v) is 5.65. The highest BCUT2D eigenvalue weighted by molar-refractivity contribution is 5.82. The SMILES string of the molecule is O=C(NCc1ncon1)NC(Cc1cnc[nH]1)C(=O)O. The quantitative estimate of drug-likeness (QED) is 0.546. The molecule has 0 fully saturated rings. The molecule has 0 aromatic carbocycles. The van der Waals surface area contributed by atoms with Crippen molar-refractivity contribution in [2.75, 3.05) is 0 Å². The van der Waals surface area contributed by atoms with Crippen molar-refractivity contribution in [3.05, 3.63) is 30.4 Å². The Bertz CT molecular complexity index is 552. The summed E-state index contributed by atoms with van der Waals surface area (Å²) in [4.78, 5) is 32.9. The number of carboxylic acid groups (broad SMARTS) is 1. The van der Waals surface area contributed by atoms with E-state index in [0.29, 0.717) is 11.5 Å². The van der Waals surface area contributed by atoms with Crippen LogP contribution in [0.1, 0.15) is 11.5 Å². The molecule has 2 heterocycles. The fourth-order valence-corrected chi connectivity index (χ4v) is 1.46. The largest absolute Gasteiger partial charge is 0.480 e. The first-order chi connectivity index (χ1) is 9.65. The van der Waals surface area contributed by atoms with Gasteiger partial charge in [-0.15, -0.1) is 0 Å². The molecule has 0 saturated carbocycles. The normalized spacial score (nSPS) is 11.8. The standard InChI is InChI=1S/C10H12N6O4/c17-9(18)7(1-6-2-11-4-13-6)15-10(19)12-3-8-14-5-20-16-8/h2,4-5,7H,1,3H2,(H,11,13)(H,17,18)(H2,12,15,19). The van der Waals surface area contributed by atoms with E-state index in [1.54, 1.807) is 0 Å². The molecule has 0 aliphatic rings. The molecule has 106 valence electrons. The molecule has 2 amide bonds. The molecule has 0 spiro atoms. The number of nitrogens with zero attached hydrogens (tertiary/aromatic N) is 3. The number of rotatable bonds is 6. The predicted molar refractivity (Wildman–Crippen MR) is 63.4 cm³/mol. The molecule has 2 aromatic rings. The lowest BCUT2D eigenvalue weighted by atomic mass is 10.2. The smallest absolute Gasteiger partial charge is 0.326 e. The monoisotopic (exact) mass is 280 g/mol. The average Bonchev–Trinajstić information content (AvgIpc) is 3.08. The fraction of sp³-hybridized carbons (Fsp3) is 0.300. The second-order valence-corrected chi connectivity index (χ2v) is 3.85. The van der Waals surface area contributed by atoms with Crippen molar-refractivity contribution in [1.29, 1.82) is 0 Å². The maximum atomic E-state index is 11.6. The molecule has 10 nitrogen and oxygen atoms in total. The number of carboxylic acids is 1. The van der Waals surface area contributed by atoms with Crippen LogP contribution in [0.5, 0.6) is 0 Å². The zero-order valence-electron chi connectivity index (χ0n) is 10.2. The van der Waals surface area contributed by atoms with E-state index in [4.69, 9.17) is 5.11 Å². The number of hydrogen-bond donors (Lipinski definition) is 4. The Morgan fingerprint density at radius 1 is 1.50 bits per heavy atom. The third-order valence-electron chi connectivity index (χ3n) is 2.40. The van der Waals surface area contributed by atoms with Gasteiger partial charge in [0.05, 0.1) is 12.9 Å². The van der Waals surface area contributed by atoms with Crippen LogP contribution in [0.4, 0.5) is 4.79 Å². The molecule has 0 aliphatic heterocycles. The van der Waals surface area contributed by atoms with Crippen molar-refractivity contribution in [2.45, 2.75) is 19.0 Å². The van der Waals surface area contributed by atoms with Gasteiger partial charge in [-0.1, -0.05) is 5.16 Å². The van der Waals surface area contributed by atoms with E-state index in [-0.39, 0.29) is 13.0 Å². The van der Waals surface area contributed by atoms with Gasteiger partial charge >= 0.3 is 12.0 Å². The Morgan fingerprint density at radius 3 is 2.95 bits per heavy atom. The lowest BCUT2D eigenvalue weighted by Gasteiger charge is -2.13. The number of amides is 2. The molecule has 20 heavy (non-hydrogen) atoms. The number of aromatic nitrogens is 4. The van der Waals surface area contributed by atoms with Crippen LogP contribution in [0.2, 0.25) is 0 Å². The number of aliphatic carboxylic acids is 1. The van der Waals surface area contributed by atoms with Crippen LogP contribution in [0.25, 0.3) is 0 Å². The maximum Gasteiger partial charge on any atom is 0.326 e. The van der Waals surface area contributed by atoms with Crippen LogP contribution >= 0.6 is 0 Å². The van der Waals surface area contributed by atoms with Crippen molar-refractivity contribution in [2.24, 2.45) is 0 Å². The first-order valence-electron chi connectivity index (χ1n) is 5.65. The molecule has 0 aliphatic carbocycles. The third kappa shape index (κ3) is 3.80. The Kier molecular flexibility index (Phi) is 4.27. The zero-order valence-corrected chi connectivity index (χ0v) is 10.2. The van der Waals surface area contributed by atoms with Gasteiger partial charge in [-0.2, -0.15) is 4.98 Å². The highest BCUT2D eigenvalue weighted by Crippen LogP contribution is 1.99.